The third-order valence-electron chi connectivity index (χ3n) is 1.50. The van der Waals surface area contributed by atoms with E-state index in [9.17, 15) is 4.79 Å². The lowest BCUT2D eigenvalue weighted by molar-refractivity contribution is 0.0438. The summed E-state index contributed by atoms with van der Waals surface area (Å²) in [5, 5.41) is 5.24. The number of hydrogen-bond donors (Lipinski definition) is 2. The van der Waals surface area contributed by atoms with Crippen molar-refractivity contribution < 1.29 is 14.3 Å². The second-order valence-electron chi connectivity index (χ2n) is 2.81. The normalized spacial score (nSPS) is 14.6. The summed E-state index contributed by atoms with van der Waals surface area (Å²) >= 11 is 0. The van der Waals surface area contributed by atoms with Crippen LogP contribution in [0, 0.1) is 0 Å². The molecular weight excluding hydrogens is 184 g/mol. The number of rotatable bonds is 6. The van der Waals surface area contributed by atoms with Crippen molar-refractivity contribution in [1.82, 2.24) is 10.6 Å². The molecule has 14 heavy (non-hydrogen) atoms. The fraction of sp³-hybridized carbons (Fsp3) is 0.889. The Labute approximate surface area is 85.1 Å². The molecule has 0 bridgehead atoms. The van der Waals surface area contributed by atoms with Crippen molar-refractivity contribution >= 4 is 6.03 Å². The lowest BCUT2D eigenvalue weighted by atomic mass is 10.6. The molecule has 0 aromatic carbocycles. The minimum Gasteiger partial charge on any atom is -0.359 e. The smallest absolute Gasteiger partial charge is 0.318 e. The summed E-state index contributed by atoms with van der Waals surface area (Å²) in [4.78, 5) is 11.2. The van der Waals surface area contributed by atoms with Crippen LogP contribution in [-0.4, -0.2) is 31.7 Å². The molecule has 0 rings (SSSR count). The van der Waals surface area contributed by atoms with Crippen molar-refractivity contribution in [2.75, 3.05) is 13.2 Å². The molecular formula is C9H20N2O3. The molecule has 2 atom stereocenters. The number of carbonyl (C=O) groups is 1. The van der Waals surface area contributed by atoms with Crippen LogP contribution < -0.4 is 10.6 Å². The molecule has 2 N–H and O–H groups in total. The lowest BCUT2D eigenvalue weighted by Gasteiger charge is -2.17. The van der Waals surface area contributed by atoms with Gasteiger partial charge in [0, 0.05) is 13.2 Å². The average molecular weight is 204 g/mol. The average Bonchev–Trinajstić information content (AvgIpc) is 2.03. The zero-order valence-corrected chi connectivity index (χ0v) is 9.29. The Balaban J connectivity index is 3.63. The molecule has 0 fully saturated rings. The van der Waals surface area contributed by atoms with Crippen molar-refractivity contribution in [1.29, 1.82) is 0 Å². The molecule has 0 aromatic rings. The summed E-state index contributed by atoms with van der Waals surface area (Å²) < 4.78 is 10.3. The first-order valence-corrected chi connectivity index (χ1v) is 4.90. The van der Waals surface area contributed by atoms with Crippen molar-refractivity contribution in [3.63, 3.8) is 0 Å². The van der Waals surface area contributed by atoms with Crippen LogP contribution in [0.15, 0.2) is 0 Å². The van der Waals surface area contributed by atoms with Gasteiger partial charge in [-0.2, -0.15) is 0 Å². The monoisotopic (exact) mass is 204 g/mol. The lowest BCUT2D eigenvalue weighted by Crippen LogP contribution is -2.46. The molecule has 0 saturated carbocycles. The molecule has 0 heterocycles. The zero-order valence-electron chi connectivity index (χ0n) is 9.29. The Morgan fingerprint density at radius 2 is 1.43 bits per heavy atom. The highest BCUT2D eigenvalue weighted by Crippen LogP contribution is 1.87. The number of urea groups is 1. The summed E-state index contributed by atoms with van der Waals surface area (Å²) in [5.74, 6) is 0. The van der Waals surface area contributed by atoms with Crippen LogP contribution in [0.4, 0.5) is 4.79 Å². The molecule has 5 nitrogen and oxygen atoms in total. The van der Waals surface area contributed by atoms with Crippen LogP contribution in [0.1, 0.15) is 27.7 Å². The van der Waals surface area contributed by atoms with Crippen molar-refractivity contribution in [2.24, 2.45) is 0 Å². The first kappa shape index (κ1) is 13.2. The van der Waals surface area contributed by atoms with Crippen LogP contribution in [0.25, 0.3) is 0 Å². The van der Waals surface area contributed by atoms with Gasteiger partial charge in [0.2, 0.25) is 0 Å². The maximum absolute atomic E-state index is 11.2. The van der Waals surface area contributed by atoms with E-state index >= 15 is 0 Å². The Kier molecular flexibility index (Phi) is 7.14. The molecule has 0 aliphatic carbocycles. The first-order valence-electron chi connectivity index (χ1n) is 4.90. The second kappa shape index (κ2) is 7.58. The minimum absolute atomic E-state index is 0.283. The van der Waals surface area contributed by atoms with E-state index in [1.165, 1.54) is 0 Å². The second-order valence-corrected chi connectivity index (χ2v) is 2.81. The number of hydrogen-bond acceptors (Lipinski definition) is 3. The van der Waals surface area contributed by atoms with Crippen molar-refractivity contribution in [3.8, 4) is 0 Å². The van der Waals surface area contributed by atoms with Crippen LogP contribution in [0.3, 0.4) is 0 Å². The van der Waals surface area contributed by atoms with Crippen molar-refractivity contribution in [3.05, 3.63) is 0 Å². The van der Waals surface area contributed by atoms with Gasteiger partial charge in [-0.05, 0) is 27.7 Å². The molecule has 84 valence electrons. The van der Waals surface area contributed by atoms with Gasteiger partial charge in [0.25, 0.3) is 0 Å². The van der Waals surface area contributed by atoms with Crippen LogP contribution in [-0.2, 0) is 9.47 Å². The molecule has 2 unspecified atom stereocenters. The van der Waals surface area contributed by atoms with E-state index in [1.54, 1.807) is 13.8 Å². The highest BCUT2D eigenvalue weighted by atomic mass is 16.5. The van der Waals surface area contributed by atoms with Gasteiger partial charge in [-0.3, -0.25) is 0 Å². The van der Waals surface area contributed by atoms with Crippen LogP contribution >= 0.6 is 0 Å². The Bertz CT molecular complexity index is 148. The molecule has 0 aliphatic rings. The largest absolute Gasteiger partial charge is 0.359 e. The summed E-state index contributed by atoms with van der Waals surface area (Å²) in [5.41, 5.74) is 0. The van der Waals surface area contributed by atoms with E-state index < -0.39 is 0 Å². The Morgan fingerprint density at radius 1 is 1.07 bits per heavy atom. The van der Waals surface area contributed by atoms with Crippen molar-refractivity contribution in [2.45, 2.75) is 40.2 Å². The van der Waals surface area contributed by atoms with Gasteiger partial charge in [0.05, 0.1) is 0 Å². The molecule has 0 saturated heterocycles. The standard InChI is InChI=1S/C9H20N2O3/c1-5-13-7(3)10-9(12)11-8(4)14-6-2/h7-8H,5-6H2,1-4H3,(H2,10,11,12). The number of ether oxygens (including phenoxy) is 2. The summed E-state index contributed by atoms with van der Waals surface area (Å²) in [6.07, 6.45) is -0.567. The fourth-order valence-electron chi connectivity index (χ4n) is 0.994. The van der Waals surface area contributed by atoms with Gasteiger partial charge in [0.1, 0.15) is 12.5 Å². The predicted octanol–water partition coefficient (Wildman–Crippen LogP) is 1.05. The number of nitrogens with one attached hydrogen (secondary N) is 2. The summed E-state index contributed by atoms with van der Waals surface area (Å²) in [6, 6.07) is -0.285. The van der Waals surface area contributed by atoms with E-state index in [-0.39, 0.29) is 18.5 Å². The third-order valence-corrected chi connectivity index (χ3v) is 1.50. The van der Waals surface area contributed by atoms with Gasteiger partial charge >= 0.3 is 6.03 Å². The minimum atomic E-state index is -0.285. The maximum atomic E-state index is 11.2. The highest BCUT2D eigenvalue weighted by molar-refractivity contribution is 5.74. The van der Waals surface area contributed by atoms with E-state index in [4.69, 9.17) is 9.47 Å². The van der Waals surface area contributed by atoms with Gasteiger partial charge < -0.3 is 20.1 Å². The van der Waals surface area contributed by atoms with Gasteiger partial charge in [-0.15, -0.1) is 0 Å². The summed E-state index contributed by atoms with van der Waals surface area (Å²) in [7, 11) is 0. The number of carbonyl (C=O) groups excluding carboxylic acids is 1. The van der Waals surface area contributed by atoms with E-state index in [2.05, 4.69) is 10.6 Å². The summed E-state index contributed by atoms with van der Waals surface area (Å²) in [6.45, 7) is 8.44. The molecule has 0 aromatic heterocycles. The van der Waals surface area contributed by atoms with E-state index in [0.717, 1.165) is 0 Å². The van der Waals surface area contributed by atoms with Crippen LogP contribution in [0.5, 0.6) is 0 Å². The first-order chi connectivity index (χ1) is 6.60. The third kappa shape index (κ3) is 6.68. The molecule has 0 aliphatic heterocycles. The van der Waals surface area contributed by atoms with Gasteiger partial charge in [-0.1, -0.05) is 0 Å². The topological polar surface area (TPSA) is 59.6 Å². The van der Waals surface area contributed by atoms with Gasteiger partial charge in [-0.25, -0.2) is 4.79 Å². The number of amides is 2. The SMILES string of the molecule is CCOC(C)NC(=O)NC(C)OCC. The molecule has 5 heteroatoms. The quantitative estimate of drug-likeness (QED) is 0.636. The van der Waals surface area contributed by atoms with Gasteiger partial charge in [0.15, 0.2) is 0 Å². The fourth-order valence-corrected chi connectivity index (χ4v) is 0.994. The Hall–Kier alpha value is -0.810. The predicted molar refractivity (Wildman–Crippen MR) is 53.8 cm³/mol. The van der Waals surface area contributed by atoms with Crippen LogP contribution in [0.2, 0.25) is 0 Å². The van der Waals surface area contributed by atoms with E-state index in [0.29, 0.717) is 13.2 Å². The van der Waals surface area contributed by atoms with E-state index in [1.807, 2.05) is 13.8 Å². The molecule has 2 amide bonds. The molecule has 0 radical (unpaired) electrons. The molecule has 0 spiro atoms. The zero-order chi connectivity index (χ0) is 11.0. The highest BCUT2D eigenvalue weighted by Gasteiger charge is 2.08. The maximum Gasteiger partial charge on any atom is 0.318 e. The Morgan fingerprint density at radius 3 is 1.71 bits per heavy atom.